The number of anilines is 1. The van der Waals surface area contributed by atoms with E-state index in [0.29, 0.717) is 11.4 Å². The number of carbonyl (C=O) groups is 1. The minimum atomic E-state index is -0.442. The van der Waals surface area contributed by atoms with Gasteiger partial charge in [0, 0.05) is 0 Å². The molecule has 0 fully saturated rings. The van der Waals surface area contributed by atoms with E-state index in [1.54, 1.807) is 6.07 Å². The molecule has 0 aliphatic carbocycles. The molecule has 23 heavy (non-hydrogen) atoms. The highest BCUT2D eigenvalue weighted by Crippen LogP contribution is 2.25. The molecule has 1 heterocycles. The molecule has 0 spiro atoms. The van der Waals surface area contributed by atoms with Crippen molar-refractivity contribution in [1.82, 2.24) is 14.9 Å². The summed E-state index contributed by atoms with van der Waals surface area (Å²) in [4.78, 5) is 23.7. The van der Waals surface area contributed by atoms with Crippen molar-refractivity contribution in [3.05, 3.63) is 39.8 Å². The van der Waals surface area contributed by atoms with Gasteiger partial charge in [0.15, 0.2) is 0 Å². The van der Waals surface area contributed by atoms with Gasteiger partial charge in [0.2, 0.25) is 11.1 Å². The summed E-state index contributed by atoms with van der Waals surface area (Å²) in [5, 5.41) is 10.4. The number of hydrogen-bond donors (Lipinski definition) is 2. The van der Waals surface area contributed by atoms with Gasteiger partial charge >= 0.3 is 0 Å². The molecule has 0 unspecified atom stereocenters. The Morgan fingerprint density at radius 1 is 1.39 bits per heavy atom. The van der Waals surface area contributed by atoms with Crippen LogP contribution >= 0.6 is 11.8 Å². The van der Waals surface area contributed by atoms with E-state index in [2.05, 4.69) is 15.5 Å². The largest absolute Gasteiger partial charge is 0.495 e. The lowest BCUT2D eigenvalue weighted by Crippen LogP contribution is -2.32. The Labute approximate surface area is 137 Å². The molecule has 0 radical (unpaired) electrons. The number of ether oxygens (including phenoxy) is 1. The van der Waals surface area contributed by atoms with Gasteiger partial charge in [-0.15, -0.1) is 10.2 Å². The van der Waals surface area contributed by atoms with Crippen molar-refractivity contribution in [2.45, 2.75) is 19.0 Å². The van der Waals surface area contributed by atoms with Crippen molar-refractivity contribution >= 4 is 23.4 Å². The van der Waals surface area contributed by atoms with Crippen LogP contribution in [-0.2, 0) is 4.79 Å². The summed E-state index contributed by atoms with van der Waals surface area (Å²) in [5.74, 6) is 5.95. The number of hydrogen-bond acceptors (Lipinski definition) is 7. The van der Waals surface area contributed by atoms with Crippen LogP contribution in [0.15, 0.2) is 28.2 Å². The zero-order chi connectivity index (χ0) is 17.0. The highest BCUT2D eigenvalue weighted by molar-refractivity contribution is 7.99. The molecule has 0 saturated heterocycles. The zero-order valence-electron chi connectivity index (χ0n) is 13.0. The first-order valence-corrected chi connectivity index (χ1v) is 7.69. The van der Waals surface area contributed by atoms with Gasteiger partial charge in [-0.1, -0.05) is 17.8 Å². The third-order valence-electron chi connectivity index (χ3n) is 2.98. The van der Waals surface area contributed by atoms with Crippen molar-refractivity contribution < 1.29 is 9.53 Å². The Kier molecular flexibility index (Phi) is 5.22. The highest BCUT2D eigenvalue weighted by atomic mass is 32.2. The fraction of sp³-hybridized carbons (Fsp3) is 0.286. The van der Waals surface area contributed by atoms with Gasteiger partial charge in [-0.3, -0.25) is 9.59 Å². The molecule has 122 valence electrons. The van der Waals surface area contributed by atoms with Crippen LogP contribution in [0.1, 0.15) is 11.3 Å². The zero-order valence-corrected chi connectivity index (χ0v) is 13.8. The molecule has 0 bridgehead atoms. The molecule has 1 amide bonds. The quantitative estimate of drug-likeness (QED) is 0.611. The predicted molar refractivity (Wildman–Crippen MR) is 88.3 cm³/mol. The number of aromatic nitrogens is 3. The summed E-state index contributed by atoms with van der Waals surface area (Å²) in [6, 6.07) is 5.46. The fourth-order valence-electron chi connectivity index (χ4n) is 1.79. The number of amides is 1. The summed E-state index contributed by atoms with van der Waals surface area (Å²) in [7, 11) is 1.54. The minimum Gasteiger partial charge on any atom is -0.495 e. The van der Waals surface area contributed by atoms with Crippen LogP contribution in [0.2, 0.25) is 0 Å². The summed E-state index contributed by atoms with van der Waals surface area (Å²) in [6.45, 7) is 3.45. The number of nitrogens with two attached hydrogens (primary N) is 1. The van der Waals surface area contributed by atoms with Crippen LogP contribution in [0.4, 0.5) is 5.69 Å². The first kappa shape index (κ1) is 16.8. The Balaban J connectivity index is 2.04. The van der Waals surface area contributed by atoms with E-state index in [4.69, 9.17) is 10.6 Å². The molecule has 2 aromatic rings. The first-order valence-electron chi connectivity index (χ1n) is 6.71. The number of methoxy groups -OCH3 is 1. The molecular weight excluding hydrogens is 318 g/mol. The van der Waals surface area contributed by atoms with Crippen LogP contribution in [0.25, 0.3) is 0 Å². The summed E-state index contributed by atoms with van der Waals surface area (Å²) >= 11 is 1.03. The van der Waals surface area contributed by atoms with Crippen molar-refractivity contribution in [1.29, 1.82) is 0 Å². The monoisotopic (exact) mass is 335 g/mol. The van der Waals surface area contributed by atoms with E-state index in [1.807, 2.05) is 19.1 Å². The van der Waals surface area contributed by atoms with Gasteiger partial charge in [-0.25, -0.2) is 0 Å². The summed E-state index contributed by atoms with van der Waals surface area (Å²) < 4.78 is 6.11. The third-order valence-corrected chi connectivity index (χ3v) is 3.93. The molecule has 0 aliphatic rings. The normalized spacial score (nSPS) is 10.4. The molecule has 0 saturated carbocycles. The van der Waals surface area contributed by atoms with Crippen molar-refractivity contribution in [3.63, 3.8) is 0 Å². The van der Waals surface area contributed by atoms with E-state index in [0.717, 1.165) is 22.0 Å². The molecule has 2 rings (SSSR count). The maximum absolute atomic E-state index is 12.0. The summed E-state index contributed by atoms with van der Waals surface area (Å²) in [5.41, 5.74) is 1.36. The standard InChI is InChI=1S/C14H17N5O3S/c1-8-4-5-10(11(6-8)22-3)16-12(20)7-23-14-18-17-9(2)13(21)19(14)15/h4-6H,7,15H2,1-3H3,(H,16,20). The molecule has 9 heteroatoms. The Bertz CT molecular complexity index is 790. The SMILES string of the molecule is COc1cc(C)ccc1NC(=O)CSc1nnc(C)c(=O)n1N. The summed E-state index contributed by atoms with van der Waals surface area (Å²) in [6.07, 6.45) is 0. The molecule has 3 N–H and O–H groups in total. The number of rotatable bonds is 5. The molecular formula is C14H17N5O3S. The van der Waals surface area contributed by atoms with E-state index < -0.39 is 5.56 Å². The molecule has 1 aromatic heterocycles. The maximum Gasteiger partial charge on any atom is 0.294 e. The lowest BCUT2D eigenvalue weighted by Gasteiger charge is -2.11. The van der Waals surface area contributed by atoms with Gasteiger partial charge in [0.25, 0.3) is 5.56 Å². The van der Waals surface area contributed by atoms with Crippen LogP contribution in [-0.4, -0.2) is 33.6 Å². The minimum absolute atomic E-state index is 0.0331. The average molecular weight is 335 g/mol. The number of nitrogen functional groups attached to an aromatic ring is 1. The average Bonchev–Trinajstić information content (AvgIpc) is 2.53. The molecule has 1 aromatic carbocycles. The maximum atomic E-state index is 12.0. The van der Waals surface area contributed by atoms with Gasteiger partial charge < -0.3 is 15.9 Å². The number of carbonyl (C=O) groups excluding carboxylic acids is 1. The number of thioether (sulfide) groups is 1. The molecule has 0 atom stereocenters. The van der Waals surface area contributed by atoms with Gasteiger partial charge in [-0.05, 0) is 31.5 Å². The van der Waals surface area contributed by atoms with E-state index in [1.165, 1.54) is 14.0 Å². The number of benzene rings is 1. The van der Waals surface area contributed by atoms with E-state index in [9.17, 15) is 9.59 Å². The van der Waals surface area contributed by atoms with Crippen LogP contribution in [0.3, 0.4) is 0 Å². The van der Waals surface area contributed by atoms with Gasteiger partial charge in [0.05, 0.1) is 18.6 Å². The predicted octanol–water partition coefficient (Wildman–Crippen LogP) is 0.708. The van der Waals surface area contributed by atoms with Gasteiger partial charge in [0.1, 0.15) is 11.4 Å². The van der Waals surface area contributed by atoms with Crippen LogP contribution in [0.5, 0.6) is 5.75 Å². The lowest BCUT2D eigenvalue weighted by molar-refractivity contribution is -0.113. The molecule has 0 aliphatic heterocycles. The van der Waals surface area contributed by atoms with Crippen molar-refractivity contribution in [2.24, 2.45) is 0 Å². The van der Waals surface area contributed by atoms with Crippen LogP contribution < -0.4 is 21.5 Å². The van der Waals surface area contributed by atoms with Crippen LogP contribution in [0, 0.1) is 13.8 Å². The van der Waals surface area contributed by atoms with Gasteiger partial charge in [-0.2, -0.15) is 4.68 Å². The van der Waals surface area contributed by atoms with Crippen molar-refractivity contribution in [2.75, 3.05) is 24.0 Å². The second-order valence-corrected chi connectivity index (χ2v) is 5.73. The Hall–Kier alpha value is -2.55. The second kappa shape index (κ2) is 7.14. The first-order chi connectivity index (χ1) is 10.9. The fourth-order valence-corrected chi connectivity index (χ4v) is 2.44. The van der Waals surface area contributed by atoms with E-state index >= 15 is 0 Å². The third kappa shape index (κ3) is 4.01. The topological polar surface area (TPSA) is 112 Å². The van der Waals surface area contributed by atoms with Crippen molar-refractivity contribution in [3.8, 4) is 5.75 Å². The number of nitrogens with zero attached hydrogens (tertiary/aromatic N) is 3. The number of aryl methyl sites for hydroxylation is 2. The molecule has 8 nitrogen and oxygen atoms in total. The second-order valence-electron chi connectivity index (χ2n) is 4.78. The van der Waals surface area contributed by atoms with E-state index in [-0.39, 0.29) is 22.5 Å². The highest BCUT2D eigenvalue weighted by Gasteiger charge is 2.12. The lowest BCUT2D eigenvalue weighted by atomic mass is 10.2. The Morgan fingerprint density at radius 2 is 2.13 bits per heavy atom. The number of nitrogens with one attached hydrogen (secondary N) is 1. The Morgan fingerprint density at radius 3 is 2.83 bits per heavy atom. The smallest absolute Gasteiger partial charge is 0.294 e.